The quantitative estimate of drug-likeness (QED) is 0.553. The minimum atomic E-state index is -0.861. The van der Waals surface area contributed by atoms with Crippen LogP contribution in [0.1, 0.15) is 41.9 Å². The lowest BCUT2D eigenvalue weighted by Crippen LogP contribution is -2.45. The Morgan fingerprint density at radius 2 is 1.79 bits per heavy atom. The SMILES string of the molecule is Cc1csc(CC(=O)NNC(=O)COC(=O)C2(c3ccc(F)cc3)CCCC2)n1. The number of carbonyl (C=O) groups excluding carboxylic acids is 3. The van der Waals surface area contributed by atoms with Gasteiger partial charge in [0.25, 0.3) is 5.91 Å². The molecule has 0 bridgehead atoms. The number of carbonyl (C=O) groups is 3. The third kappa shape index (κ3) is 5.17. The molecule has 1 aromatic heterocycles. The number of aryl methyl sites for hydroxylation is 1. The molecule has 1 saturated carbocycles. The number of hydrazine groups is 1. The maximum Gasteiger partial charge on any atom is 0.317 e. The first kappa shape index (κ1) is 20.9. The first-order valence-electron chi connectivity index (χ1n) is 9.31. The zero-order valence-electron chi connectivity index (χ0n) is 16.0. The number of thiazole rings is 1. The summed E-state index contributed by atoms with van der Waals surface area (Å²) < 4.78 is 18.5. The second kappa shape index (κ2) is 9.13. The number of aromatic nitrogens is 1. The fraction of sp³-hybridized carbons (Fsp3) is 0.400. The van der Waals surface area contributed by atoms with E-state index in [2.05, 4.69) is 15.8 Å². The second-order valence-corrected chi connectivity index (χ2v) is 7.97. The minimum Gasteiger partial charge on any atom is -0.455 e. The van der Waals surface area contributed by atoms with Crippen LogP contribution in [-0.2, 0) is 31.0 Å². The Hall–Kier alpha value is -2.81. The van der Waals surface area contributed by atoms with E-state index in [4.69, 9.17) is 4.74 Å². The van der Waals surface area contributed by atoms with Crippen molar-refractivity contribution in [3.05, 3.63) is 51.7 Å². The summed E-state index contributed by atoms with van der Waals surface area (Å²) >= 11 is 1.36. The molecule has 1 aliphatic carbocycles. The van der Waals surface area contributed by atoms with E-state index < -0.39 is 29.8 Å². The van der Waals surface area contributed by atoms with E-state index >= 15 is 0 Å². The number of hydrogen-bond acceptors (Lipinski definition) is 6. The van der Waals surface area contributed by atoms with Crippen molar-refractivity contribution in [1.29, 1.82) is 0 Å². The van der Waals surface area contributed by atoms with Crippen molar-refractivity contribution in [2.75, 3.05) is 6.61 Å². The number of amides is 2. The molecular weight excluding hydrogens is 397 g/mol. The molecule has 1 heterocycles. The first-order valence-corrected chi connectivity index (χ1v) is 10.2. The molecule has 2 amide bonds. The highest BCUT2D eigenvalue weighted by atomic mass is 32.1. The average Bonchev–Trinajstić information content (AvgIpc) is 3.35. The molecule has 0 aliphatic heterocycles. The molecule has 0 saturated heterocycles. The van der Waals surface area contributed by atoms with Crippen molar-refractivity contribution in [2.24, 2.45) is 0 Å². The van der Waals surface area contributed by atoms with E-state index in [0.717, 1.165) is 18.5 Å². The second-order valence-electron chi connectivity index (χ2n) is 7.03. The molecule has 0 unspecified atom stereocenters. The number of hydrogen-bond donors (Lipinski definition) is 2. The summed E-state index contributed by atoms with van der Waals surface area (Å²) in [6.07, 6.45) is 2.92. The number of halogens is 1. The van der Waals surface area contributed by atoms with Crippen molar-refractivity contribution in [3.8, 4) is 0 Å². The number of ether oxygens (including phenoxy) is 1. The summed E-state index contributed by atoms with van der Waals surface area (Å²) in [7, 11) is 0. The fourth-order valence-corrected chi connectivity index (χ4v) is 4.24. The van der Waals surface area contributed by atoms with E-state index in [1.54, 1.807) is 12.1 Å². The summed E-state index contributed by atoms with van der Waals surface area (Å²) in [6.45, 7) is 1.31. The van der Waals surface area contributed by atoms with Crippen LogP contribution in [0.4, 0.5) is 4.39 Å². The summed E-state index contributed by atoms with van der Waals surface area (Å²) in [5.41, 5.74) is 5.16. The first-order chi connectivity index (χ1) is 13.9. The Labute approximate surface area is 171 Å². The molecule has 2 aromatic rings. The Bertz CT molecular complexity index is 891. The normalized spacial score (nSPS) is 15.0. The predicted molar refractivity (Wildman–Crippen MR) is 104 cm³/mol. The van der Waals surface area contributed by atoms with Crippen molar-refractivity contribution in [2.45, 2.75) is 44.4 Å². The van der Waals surface area contributed by atoms with Gasteiger partial charge < -0.3 is 4.74 Å². The highest BCUT2D eigenvalue weighted by Crippen LogP contribution is 2.42. The monoisotopic (exact) mass is 419 g/mol. The van der Waals surface area contributed by atoms with Crippen molar-refractivity contribution < 1.29 is 23.5 Å². The summed E-state index contributed by atoms with van der Waals surface area (Å²) in [5.74, 6) is -1.95. The number of nitrogens with one attached hydrogen (secondary N) is 2. The van der Waals surface area contributed by atoms with Crippen molar-refractivity contribution in [1.82, 2.24) is 15.8 Å². The minimum absolute atomic E-state index is 0.0479. The molecule has 0 atom stereocenters. The smallest absolute Gasteiger partial charge is 0.317 e. The third-order valence-electron chi connectivity index (χ3n) is 4.90. The van der Waals surface area contributed by atoms with Crippen LogP contribution in [0.25, 0.3) is 0 Å². The molecule has 1 fully saturated rings. The van der Waals surface area contributed by atoms with Crippen LogP contribution in [0.15, 0.2) is 29.6 Å². The fourth-order valence-electron chi connectivity index (χ4n) is 3.47. The maximum atomic E-state index is 13.2. The van der Waals surface area contributed by atoms with E-state index in [0.29, 0.717) is 23.4 Å². The molecule has 2 N–H and O–H groups in total. The van der Waals surface area contributed by atoms with Gasteiger partial charge in [0.1, 0.15) is 10.8 Å². The third-order valence-corrected chi connectivity index (χ3v) is 5.87. The summed E-state index contributed by atoms with van der Waals surface area (Å²) in [5, 5.41) is 2.48. The zero-order valence-corrected chi connectivity index (χ0v) is 16.8. The highest BCUT2D eigenvalue weighted by molar-refractivity contribution is 7.09. The van der Waals surface area contributed by atoms with Gasteiger partial charge in [-0.2, -0.15) is 0 Å². The highest BCUT2D eigenvalue weighted by Gasteiger charge is 2.44. The van der Waals surface area contributed by atoms with Crippen LogP contribution in [-0.4, -0.2) is 29.4 Å². The van der Waals surface area contributed by atoms with Crippen LogP contribution in [0.3, 0.4) is 0 Å². The standard InChI is InChI=1S/C20H22FN3O4S/c1-13-12-29-18(22-13)10-16(25)23-24-17(26)11-28-19(27)20(8-2-3-9-20)14-4-6-15(21)7-5-14/h4-7,12H,2-3,8-11H2,1H3,(H,23,25)(H,24,26). The molecular formula is C20H22FN3O4S. The molecule has 3 rings (SSSR count). The zero-order chi connectivity index (χ0) is 20.9. The van der Waals surface area contributed by atoms with Gasteiger partial charge in [0.2, 0.25) is 5.91 Å². The average molecular weight is 419 g/mol. The molecule has 29 heavy (non-hydrogen) atoms. The molecule has 9 heteroatoms. The van der Waals surface area contributed by atoms with Crippen LogP contribution in [0, 0.1) is 12.7 Å². The molecule has 1 aliphatic rings. The lowest BCUT2D eigenvalue weighted by molar-refractivity contribution is -0.154. The van der Waals surface area contributed by atoms with Crippen LogP contribution in [0.2, 0.25) is 0 Å². The lowest BCUT2D eigenvalue weighted by Gasteiger charge is -2.27. The Balaban J connectivity index is 1.50. The van der Waals surface area contributed by atoms with Crippen molar-refractivity contribution in [3.63, 3.8) is 0 Å². The predicted octanol–water partition coefficient (Wildman–Crippen LogP) is 2.34. The number of nitrogens with zero attached hydrogens (tertiary/aromatic N) is 1. The van der Waals surface area contributed by atoms with E-state index in [9.17, 15) is 18.8 Å². The van der Waals surface area contributed by atoms with Crippen LogP contribution >= 0.6 is 11.3 Å². The molecule has 0 spiro atoms. The van der Waals surface area contributed by atoms with Gasteiger partial charge in [-0.25, -0.2) is 9.37 Å². The van der Waals surface area contributed by atoms with E-state index in [-0.39, 0.29) is 12.2 Å². The van der Waals surface area contributed by atoms with E-state index in [1.807, 2.05) is 12.3 Å². The number of benzene rings is 1. The number of rotatable bonds is 6. The Morgan fingerprint density at radius 3 is 2.41 bits per heavy atom. The van der Waals surface area contributed by atoms with Crippen LogP contribution in [0.5, 0.6) is 0 Å². The van der Waals surface area contributed by atoms with E-state index in [1.165, 1.54) is 23.5 Å². The lowest BCUT2D eigenvalue weighted by atomic mass is 9.79. The Morgan fingerprint density at radius 1 is 1.14 bits per heavy atom. The van der Waals surface area contributed by atoms with Crippen molar-refractivity contribution >= 4 is 29.1 Å². The van der Waals surface area contributed by atoms with Gasteiger partial charge in [0.15, 0.2) is 6.61 Å². The summed E-state index contributed by atoms with van der Waals surface area (Å²) in [6, 6.07) is 5.80. The topological polar surface area (TPSA) is 97.4 Å². The van der Waals surface area contributed by atoms with Gasteiger partial charge in [-0.05, 0) is 37.5 Å². The molecule has 154 valence electrons. The molecule has 1 aromatic carbocycles. The number of esters is 1. The van der Waals surface area contributed by atoms with Gasteiger partial charge in [-0.1, -0.05) is 25.0 Å². The molecule has 7 nitrogen and oxygen atoms in total. The largest absolute Gasteiger partial charge is 0.455 e. The van der Waals surface area contributed by atoms with Crippen LogP contribution < -0.4 is 10.9 Å². The van der Waals surface area contributed by atoms with Gasteiger partial charge in [0, 0.05) is 11.1 Å². The van der Waals surface area contributed by atoms with Gasteiger partial charge >= 0.3 is 5.97 Å². The maximum absolute atomic E-state index is 13.2. The summed E-state index contributed by atoms with van der Waals surface area (Å²) in [4.78, 5) is 40.7. The van der Waals surface area contributed by atoms with Gasteiger partial charge in [-0.3, -0.25) is 25.2 Å². The van der Waals surface area contributed by atoms with Gasteiger partial charge in [-0.15, -0.1) is 11.3 Å². The Kier molecular flexibility index (Phi) is 6.58. The van der Waals surface area contributed by atoms with Gasteiger partial charge in [0.05, 0.1) is 11.8 Å². The molecule has 0 radical (unpaired) electrons.